The highest BCUT2D eigenvalue weighted by atomic mass is 19.1. The van der Waals surface area contributed by atoms with Crippen LogP contribution in [0.1, 0.15) is 23.2 Å². The molecule has 4 rings (SSSR count). The van der Waals surface area contributed by atoms with Crippen molar-refractivity contribution in [1.82, 2.24) is 25.3 Å². The van der Waals surface area contributed by atoms with Gasteiger partial charge in [0, 0.05) is 24.5 Å². The highest BCUT2D eigenvalue weighted by Gasteiger charge is 2.35. The first-order valence-corrected chi connectivity index (χ1v) is 8.86. The summed E-state index contributed by atoms with van der Waals surface area (Å²) < 4.78 is 15.9. The van der Waals surface area contributed by atoms with Gasteiger partial charge < -0.3 is 10.4 Å². The van der Waals surface area contributed by atoms with Gasteiger partial charge in [-0.15, -0.1) is 0 Å². The molecule has 3 aromatic rings. The molecule has 1 unspecified atom stereocenters. The molecule has 8 heteroatoms. The highest BCUT2D eigenvalue weighted by molar-refractivity contribution is 6.00. The summed E-state index contributed by atoms with van der Waals surface area (Å²) in [6, 6.07) is 7.70. The summed E-state index contributed by atoms with van der Waals surface area (Å²) in [5.74, 6) is -0.595. The summed E-state index contributed by atoms with van der Waals surface area (Å²) >= 11 is 0. The number of benzene rings is 1. The molecule has 0 spiro atoms. The van der Waals surface area contributed by atoms with E-state index in [9.17, 15) is 14.3 Å². The number of aliphatic hydroxyl groups excluding tert-OH is 1. The number of rotatable bonds is 5. The summed E-state index contributed by atoms with van der Waals surface area (Å²) in [5, 5.41) is 24.0. The molecule has 1 fully saturated rings. The van der Waals surface area contributed by atoms with Gasteiger partial charge in [-0.1, -0.05) is 12.1 Å². The van der Waals surface area contributed by atoms with E-state index in [1.807, 2.05) is 16.9 Å². The van der Waals surface area contributed by atoms with Crippen molar-refractivity contribution in [3.05, 3.63) is 60.3 Å². The van der Waals surface area contributed by atoms with Crippen LogP contribution in [0, 0.1) is 11.7 Å². The van der Waals surface area contributed by atoms with Gasteiger partial charge >= 0.3 is 0 Å². The second kappa shape index (κ2) is 7.32. The number of hydrogen-bond acceptors (Lipinski definition) is 4. The molecule has 0 saturated heterocycles. The van der Waals surface area contributed by atoms with E-state index in [1.54, 1.807) is 24.4 Å². The van der Waals surface area contributed by atoms with Crippen molar-refractivity contribution in [2.24, 2.45) is 5.92 Å². The predicted octanol–water partition coefficient (Wildman–Crippen LogP) is 1.98. The van der Waals surface area contributed by atoms with Gasteiger partial charge in [0.1, 0.15) is 5.82 Å². The van der Waals surface area contributed by atoms with Crippen LogP contribution < -0.4 is 5.32 Å². The van der Waals surface area contributed by atoms with E-state index in [2.05, 4.69) is 20.6 Å². The number of hydrogen-bond donors (Lipinski definition) is 3. The van der Waals surface area contributed by atoms with Crippen molar-refractivity contribution in [2.75, 3.05) is 0 Å². The lowest BCUT2D eigenvalue weighted by Crippen LogP contribution is -2.40. The third-order valence-corrected chi connectivity index (χ3v) is 4.97. The Hall–Kier alpha value is -3.00. The molecule has 0 aliphatic heterocycles. The summed E-state index contributed by atoms with van der Waals surface area (Å²) in [5.41, 5.74) is 0.859. The minimum Gasteiger partial charge on any atom is -0.391 e. The molecule has 1 aliphatic carbocycles. The van der Waals surface area contributed by atoms with Crippen LogP contribution in [0.2, 0.25) is 0 Å². The van der Waals surface area contributed by atoms with Crippen molar-refractivity contribution >= 4 is 5.91 Å². The van der Waals surface area contributed by atoms with E-state index in [1.165, 1.54) is 12.3 Å². The second-order valence-corrected chi connectivity index (χ2v) is 6.85. The van der Waals surface area contributed by atoms with E-state index in [-0.39, 0.29) is 29.0 Å². The van der Waals surface area contributed by atoms with Crippen LogP contribution in [-0.2, 0) is 6.54 Å². The van der Waals surface area contributed by atoms with Gasteiger partial charge in [0.25, 0.3) is 5.91 Å². The number of carbonyl (C=O) groups excluding carboxylic acids is 1. The molecule has 7 nitrogen and oxygen atoms in total. The minimum absolute atomic E-state index is 0.223. The Morgan fingerprint density at radius 1 is 1.33 bits per heavy atom. The Bertz CT molecular complexity index is 924. The molecule has 140 valence electrons. The summed E-state index contributed by atoms with van der Waals surface area (Å²) in [6.45, 7) is 0.697. The molecule has 2 aromatic heterocycles. The highest BCUT2D eigenvalue weighted by Crippen LogP contribution is 2.29. The van der Waals surface area contributed by atoms with Crippen LogP contribution in [0.15, 0.2) is 48.9 Å². The molecular weight excluding hydrogens is 349 g/mol. The maximum absolute atomic E-state index is 14.1. The summed E-state index contributed by atoms with van der Waals surface area (Å²) in [6.07, 6.45) is 5.59. The van der Waals surface area contributed by atoms with Crippen LogP contribution >= 0.6 is 0 Å². The molecule has 3 N–H and O–H groups in total. The largest absolute Gasteiger partial charge is 0.391 e. The number of nitrogens with one attached hydrogen (secondary N) is 2. The second-order valence-electron chi connectivity index (χ2n) is 6.85. The maximum atomic E-state index is 14.1. The zero-order valence-corrected chi connectivity index (χ0v) is 14.5. The lowest BCUT2D eigenvalue weighted by atomic mass is 10.1. The molecule has 1 saturated carbocycles. The fourth-order valence-electron chi connectivity index (χ4n) is 3.67. The molecule has 1 aliphatic rings. The average Bonchev–Trinajstić information content (AvgIpc) is 3.38. The van der Waals surface area contributed by atoms with Gasteiger partial charge in [-0.05, 0) is 37.0 Å². The molecule has 2 heterocycles. The van der Waals surface area contributed by atoms with E-state index in [0.717, 1.165) is 0 Å². The van der Waals surface area contributed by atoms with E-state index in [4.69, 9.17) is 0 Å². The SMILES string of the molecule is O=C(N[C@@H]1CC(Cn2cccn2)C[C@H]1O)c1cn[nH]c1-c1ccccc1F. The van der Waals surface area contributed by atoms with E-state index >= 15 is 0 Å². The molecule has 1 aromatic carbocycles. The van der Waals surface area contributed by atoms with Gasteiger partial charge in [-0.2, -0.15) is 10.2 Å². The fourth-order valence-corrected chi connectivity index (χ4v) is 3.67. The van der Waals surface area contributed by atoms with Crippen molar-refractivity contribution in [2.45, 2.75) is 31.5 Å². The van der Waals surface area contributed by atoms with Crippen LogP contribution in [0.3, 0.4) is 0 Å². The first-order valence-electron chi connectivity index (χ1n) is 8.86. The van der Waals surface area contributed by atoms with Crippen LogP contribution in [0.4, 0.5) is 4.39 Å². The summed E-state index contributed by atoms with van der Waals surface area (Å²) in [4.78, 5) is 12.7. The van der Waals surface area contributed by atoms with Gasteiger partial charge in [0.2, 0.25) is 0 Å². The van der Waals surface area contributed by atoms with Gasteiger partial charge in [-0.3, -0.25) is 14.6 Å². The average molecular weight is 369 g/mol. The van der Waals surface area contributed by atoms with Crippen LogP contribution in [0.5, 0.6) is 0 Å². The Morgan fingerprint density at radius 2 is 2.19 bits per heavy atom. The van der Waals surface area contributed by atoms with Crippen molar-refractivity contribution in [3.8, 4) is 11.3 Å². The number of amides is 1. The number of halogens is 1. The predicted molar refractivity (Wildman–Crippen MR) is 96.2 cm³/mol. The number of carbonyl (C=O) groups is 1. The first-order chi connectivity index (χ1) is 13.1. The quantitative estimate of drug-likeness (QED) is 0.641. The third-order valence-electron chi connectivity index (χ3n) is 4.97. The Balaban J connectivity index is 1.46. The minimum atomic E-state index is -0.627. The third kappa shape index (κ3) is 3.61. The first kappa shape index (κ1) is 17.4. The monoisotopic (exact) mass is 369 g/mol. The van der Waals surface area contributed by atoms with Crippen LogP contribution in [-0.4, -0.2) is 43.1 Å². The Labute approximate surface area is 155 Å². The van der Waals surface area contributed by atoms with Gasteiger partial charge in [0.05, 0.1) is 29.6 Å². The Morgan fingerprint density at radius 3 is 2.96 bits per heavy atom. The standard InChI is InChI=1S/C19H20FN5O2/c20-15-5-2-1-4-13(15)18-14(10-21-24-18)19(27)23-16-8-12(9-17(16)26)11-25-7-3-6-22-25/h1-7,10,12,16-17,26H,8-9,11H2,(H,21,24)(H,23,27)/t12?,16-,17-/m1/s1. The molecule has 0 radical (unpaired) electrons. The van der Waals surface area contributed by atoms with Gasteiger partial charge in [-0.25, -0.2) is 4.39 Å². The van der Waals surface area contributed by atoms with Gasteiger partial charge in [0.15, 0.2) is 0 Å². The number of H-pyrrole nitrogens is 1. The smallest absolute Gasteiger partial charge is 0.255 e. The summed E-state index contributed by atoms with van der Waals surface area (Å²) in [7, 11) is 0. The van der Waals surface area contributed by atoms with Crippen molar-refractivity contribution in [3.63, 3.8) is 0 Å². The molecule has 3 atom stereocenters. The van der Waals surface area contributed by atoms with Crippen LogP contribution in [0.25, 0.3) is 11.3 Å². The maximum Gasteiger partial charge on any atom is 0.255 e. The zero-order valence-electron chi connectivity index (χ0n) is 14.5. The number of aromatic amines is 1. The lowest BCUT2D eigenvalue weighted by Gasteiger charge is -2.16. The molecule has 0 bridgehead atoms. The Kier molecular flexibility index (Phi) is 4.72. The van der Waals surface area contributed by atoms with E-state index in [0.29, 0.717) is 25.1 Å². The molecule has 27 heavy (non-hydrogen) atoms. The van der Waals surface area contributed by atoms with Crippen molar-refractivity contribution in [1.29, 1.82) is 0 Å². The topological polar surface area (TPSA) is 95.8 Å². The normalized spacial score (nSPS) is 22.1. The fraction of sp³-hybridized carbons (Fsp3) is 0.316. The number of nitrogens with zero attached hydrogens (tertiary/aromatic N) is 3. The molecule has 1 amide bonds. The number of aliphatic hydroxyl groups is 1. The number of aromatic nitrogens is 4. The van der Waals surface area contributed by atoms with E-state index < -0.39 is 11.9 Å². The zero-order chi connectivity index (χ0) is 18.8. The van der Waals surface area contributed by atoms with Crippen molar-refractivity contribution < 1.29 is 14.3 Å². The molecular formula is C19H20FN5O2. The lowest BCUT2D eigenvalue weighted by molar-refractivity contribution is 0.0873.